The molecular formula is C17H20FN. The maximum atomic E-state index is 12.9. The maximum Gasteiger partial charge on any atom is 0.123 e. The van der Waals surface area contributed by atoms with E-state index < -0.39 is 0 Å². The minimum atomic E-state index is -0.194. The molecule has 2 heteroatoms. The van der Waals surface area contributed by atoms with Crippen molar-refractivity contribution in [3.05, 3.63) is 59.9 Å². The summed E-state index contributed by atoms with van der Waals surface area (Å²) < 4.78 is 12.9. The summed E-state index contributed by atoms with van der Waals surface area (Å²) in [5.74, 6) is -0.194. The summed E-state index contributed by atoms with van der Waals surface area (Å²) in [6.07, 6.45) is 1.03. The van der Waals surface area contributed by atoms with Crippen LogP contribution in [0.2, 0.25) is 0 Å². The van der Waals surface area contributed by atoms with Gasteiger partial charge in [0.1, 0.15) is 5.82 Å². The van der Waals surface area contributed by atoms with Crippen LogP contribution in [-0.4, -0.2) is 12.6 Å². The Morgan fingerprint density at radius 3 is 1.95 bits per heavy atom. The SMILES string of the molecule is CC(C)NCCc1ccc(-c2ccc(F)cc2)cc1. The molecule has 0 spiro atoms. The first-order chi connectivity index (χ1) is 9.15. The van der Waals surface area contributed by atoms with Crippen molar-refractivity contribution in [2.75, 3.05) is 6.54 Å². The van der Waals surface area contributed by atoms with Crippen LogP contribution >= 0.6 is 0 Å². The standard InChI is InChI=1S/C17H20FN/c1-13(2)19-12-11-14-3-5-15(6-4-14)16-7-9-17(18)10-8-16/h3-10,13,19H,11-12H2,1-2H3. The van der Waals surface area contributed by atoms with Crippen molar-refractivity contribution in [3.8, 4) is 11.1 Å². The van der Waals surface area contributed by atoms with Crippen molar-refractivity contribution in [1.82, 2.24) is 5.32 Å². The lowest BCUT2D eigenvalue weighted by molar-refractivity contribution is 0.590. The number of rotatable bonds is 5. The van der Waals surface area contributed by atoms with Gasteiger partial charge in [0.25, 0.3) is 0 Å². The van der Waals surface area contributed by atoms with Crippen molar-refractivity contribution in [2.45, 2.75) is 26.3 Å². The Kier molecular flexibility index (Phi) is 4.69. The molecule has 2 aromatic rings. The van der Waals surface area contributed by atoms with Gasteiger partial charge in [0.15, 0.2) is 0 Å². The molecule has 100 valence electrons. The van der Waals surface area contributed by atoms with E-state index in [4.69, 9.17) is 0 Å². The fourth-order valence-corrected chi connectivity index (χ4v) is 2.01. The van der Waals surface area contributed by atoms with Gasteiger partial charge >= 0.3 is 0 Å². The van der Waals surface area contributed by atoms with Gasteiger partial charge < -0.3 is 5.32 Å². The number of halogens is 1. The van der Waals surface area contributed by atoms with Crippen molar-refractivity contribution in [1.29, 1.82) is 0 Å². The third-order valence-electron chi connectivity index (χ3n) is 3.10. The summed E-state index contributed by atoms with van der Waals surface area (Å²) in [5, 5.41) is 3.40. The van der Waals surface area contributed by atoms with Crippen LogP contribution in [0.1, 0.15) is 19.4 Å². The monoisotopic (exact) mass is 257 g/mol. The maximum absolute atomic E-state index is 12.9. The molecule has 0 fully saturated rings. The molecular weight excluding hydrogens is 237 g/mol. The molecule has 0 saturated heterocycles. The van der Waals surface area contributed by atoms with Crippen LogP contribution < -0.4 is 5.32 Å². The summed E-state index contributed by atoms with van der Waals surface area (Å²) in [6, 6.07) is 15.6. The fraction of sp³-hybridized carbons (Fsp3) is 0.294. The van der Waals surface area contributed by atoms with Crippen LogP contribution in [0.4, 0.5) is 4.39 Å². The van der Waals surface area contributed by atoms with Crippen LogP contribution in [0.3, 0.4) is 0 Å². The zero-order valence-electron chi connectivity index (χ0n) is 11.5. The quantitative estimate of drug-likeness (QED) is 0.852. The van der Waals surface area contributed by atoms with Gasteiger partial charge in [0.2, 0.25) is 0 Å². The molecule has 0 amide bonds. The molecule has 0 unspecified atom stereocenters. The van der Waals surface area contributed by atoms with E-state index in [0.717, 1.165) is 24.1 Å². The number of hydrogen-bond acceptors (Lipinski definition) is 1. The second-order valence-electron chi connectivity index (χ2n) is 5.06. The van der Waals surface area contributed by atoms with Crippen molar-refractivity contribution >= 4 is 0 Å². The lowest BCUT2D eigenvalue weighted by Gasteiger charge is -2.08. The minimum Gasteiger partial charge on any atom is -0.314 e. The van der Waals surface area contributed by atoms with E-state index in [-0.39, 0.29) is 5.82 Å². The van der Waals surface area contributed by atoms with Crippen LogP contribution in [0, 0.1) is 5.82 Å². The highest BCUT2D eigenvalue weighted by Gasteiger charge is 1.99. The highest BCUT2D eigenvalue weighted by Crippen LogP contribution is 2.20. The smallest absolute Gasteiger partial charge is 0.123 e. The van der Waals surface area contributed by atoms with Crippen LogP contribution in [0.25, 0.3) is 11.1 Å². The average Bonchev–Trinajstić information content (AvgIpc) is 2.40. The van der Waals surface area contributed by atoms with E-state index in [0.29, 0.717) is 6.04 Å². The largest absolute Gasteiger partial charge is 0.314 e. The van der Waals surface area contributed by atoms with E-state index in [1.54, 1.807) is 0 Å². The highest BCUT2D eigenvalue weighted by molar-refractivity contribution is 5.63. The molecule has 0 aliphatic heterocycles. The van der Waals surface area contributed by atoms with Gasteiger partial charge in [0.05, 0.1) is 0 Å². The van der Waals surface area contributed by atoms with Crippen molar-refractivity contribution < 1.29 is 4.39 Å². The number of hydrogen-bond donors (Lipinski definition) is 1. The summed E-state index contributed by atoms with van der Waals surface area (Å²) in [7, 11) is 0. The zero-order valence-corrected chi connectivity index (χ0v) is 11.5. The van der Waals surface area contributed by atoms with Crippen LogP contribution in [0.5, 0.6) is 0 Å². The zero-order chi connectivity index (χ0) is 13.7. The molecule has 0 radical (unpaired) electrons. The summed E-state index contributed by atoms with van der Waals surface area (Å²) in [6.45, 7) is 5.29. The first-order valence-corrected chi connectivity index (χ1v) is 6.73. The Hall–Kier alpha value is -1.67. The summed E-state index contributed by atoms with van der Waals surface area (Å²) in [4.78, 5) is 0. The first kappa shape index (κ1) is 13.8. The van der Waals surface area contributed by atoms with E-state index >= 15 is 0 Å². The Balaban J connectivity index is 2.00. The lowest BCUT2D eigenvalue weighted by atomic mass is 10.0. The third-order valence-corrected chi connectivity index (χ3v) is 3.10. The van der Waals surface area contributed by atoms with Crippen LogP contribution in [-0.2, 0) is 6.42 Å². The summed E-state index contributed by atoms with van der Waals surface area (Å²) in [5.41, 5.74) is 3.49. The Bertz CT molecular complexity index is 500. The molecule has 2 rings (SSSR count). The van der Waals surface area contributed by atoms with Crippen molar-refractivity contribution in [3.63, 3.8) is 0 Å². The molecule has 0 bridgehead atoms. The fourth-order valence-electron chi connectivity index (χ4n) is 2.01. The van der Waals surface area contributed by atoms with Gasteiger partial charge in [-0.25, -0.2) is 4.39 Å². The van der Waals surface area contributed by atoms with E-state index in [2.05, 4.69) is 43.4 Å². The minimum absolute atomic E-state index is 0.194. The van der Waals surface area contributed by atoms with Gasteiger partial charge in [-0.3, -0.25) is 0 Å². The molecule has 1 N–H and O–H groups in total. The van der Waals surface area contributed by atoms with E-state index in [9.17, 15) is 4.39 Å². The third kappa shape index (κ3) is 4.18. The highest BCUT2D eigenvalue weighted by atomic mass is 19.1. The molecule has 0 atom stereocenters. The normalized spacial score (nSPS) is 10.9. The molecule has 0 saturated carbocycles. The molecule has 19 heavy (non-hydrogen) atoms. The van der Waals surface area contributed by atoms with Gasteiger partial charge in [-0.15, -0.1) is 0 Å². The lowest BCUT2D eigenvalue weighted by Crippen LogP contribution is -2.24. The van der Waals surface area contributed by atoms with E-state index in [1.807, 2.05) is 12.1 Å². The predicted octanol–water partition coefficient (Wildman–Crippen LogP) is 4.03. The molecule has 1 nitrogen and oxygen atoms in total. The van der Waals surface area contributed by atoms with Crippen LogP contribution in [0.15, 0.2) is 48.5 Å². The van der Waals surface area contributed by atoms with Gasteiger partial charge in [-0.05, 0) is 41.8 Å². The molecule has 0 heterocycles. The van der Waals surface area contributed by atoms with Gasteiger partial charge in [-0.2, -0.15) is 0 Å². The Morgan fingerprint density at radius 2 is 1.42 bits per heavy atom. The second-order valence-corrected chi connectivity index (χ2v) is 5.06. The molecule has 0 aliphatic carbocycles. The second kappa shape index (κ2) is 6.48. The first-order valence-electron chi connectivity index (χ1n) is 6.73. The molecule has 0 aliphatic rings. The Morgan fingerprint density at radius 1 is 0.895 bits per heavy atom. The number of nitrogens with one attached hydrogen (secondary N) is 1. The predicted molar refractivity (Wildman–Crippen MR) is 78.7 cm³/mol. The topological polar surface area (TPSA) is 12.0 Å². The number of benzene rings is 2. The van der Waals surface area contributed by atoms with Crippen molar-refractivity contribution in [2.24, 2.45) is 0 Å². The average molecular weight is 257 g/mol. The molecule has 0 aromatic heterocycles. The Labute approximate surface area is 114 Å². The van der Waals surface area contributed by atoms with Gasteiger partial charge in [-0.1, -0.05) is 50.2 Å². The van der Waals surface area contributed by atoms with E-state index in [1.165, 1.54) is 17.7 Å². The van der Waals surface area contributed by atoms with Gasteiger partial charge in [0, 0.05) is 6.04 Å². The molecule has 2 aromatic carbocycles. The summed E-state index contributed by atoms with van der Waals surface area (Å²) >= 11 is 0.